The first kappa shape index (κ1) is 22.3. The van der Waals surface area contributed by atoms with Gasteiger partial charge in [0.2, 0.25) is 0 Å². The maximum atomic E-state index is 13.2. The Morgan fingerprint density at radius 2 is 1.62 bits per heavy atom. The van der Waals surface area contributed by atoms with Crippen LogP contribution in [0.25, 0.3) is 5.69 Å². The molecule has 8 heteroatoms. The summed E-state index contributed by atoms with van der Waals surface area (Å²) in [6, 6.07) is 17.1. The molecule has 0 radical (unpaired) electrons. The summed E-state index contributed by atoms with van der Waals surface area (Å²) < 4.78 is 1.50. The van der Waals surface area contributed by atoms with Crippen LogP contribution in [0.1, 0.15) is 47.7 Å². The third-order valence-electron chi connectivity index (χ3n) is 6.75. The van der Waals surface area contributed by atoms with Crippen molar-refractivity contribution in [3.05, 3.63) is 76.2 Å². The molecule has 5 rings (SSSR count). The second-order valence-corrected chi connectivity index (χ2v) is 9.36. The molecule has 2 fully saturated rings. The van der Waals surface area contributed by atoms with Gasteiger partial charge in [-0.25, -0.2) is 4.68 Å². The number of azo groups is 1. The molecule has 0 unspecified atom stereocenters. The molecule has 1 aromatic heterocycles. The first-order valence-electron chi connectivity index (χ1n) is 11.9. The highest BCUT2D eigenvalue weighted by molar-refractivity contribution is 5.94. The first-order chi connectivity index (χ1) is 16.5. The van der Waals surface area contributed by atoms with E-state index in [1.807, 2.05) is 47.4 Å². The number of aromatic amines is 1. The van der Waals surface area contributed by atoms with Crippen molar-refractivity contribution in [1.29, 1.82) is 0 Å². The lowest BCUT2D eigenvalue weighted by molar-refractivity contribution is 0.0663. The summed E-state index contributed by atoms with van der Waals surface area (Å²) in [4.78, 5) is 30.3. The number of amides is 1. The zero-order valence-corrected chi connectivity index (χ0v) is 19.6. The summed E-state index contributed by atoms with van der Waals surface area (Å²) in [6.07, 6.45) is 4.04. The molecule has 1 aliphatic carbocycles. The molecule has 1 amide bonds. The molecule has 1 saturated carbocycles. The van der Waals surface area contributed by atoms with Crippen LogP contribution in [0.4, 0.5) is 11.4 Å². The minimum Gasteiger partial charge on any atom is -0.339 e. The molecular weight excluding hydrogens is 428 g/mol. The number of hydrogen-bond acceptors (Lipinski definition) is 5. The van der Waals surface area contributed by atoms with E-state index in [2.05, 4.69) is 34.3 Å². The largest absolute Gasteiger partial charge is 0.339 e. The average molecular weight is 459 g/mol. The van der Waals surface area contributed by atoms with Crippen LogP contribution in [0.5, 0.6) is 0 Å². The molecule has 176 valence electrons. The van der Waals surface area contributed by atoms with E-state index in [0.717, 1.165) is 44.5 Å². The summed E-state index contributed by atoms with van der Waals surface area (Å²) in [5.41, 5.74) is 2.97. The molecule has 2 aliphatic rings. The molecule has 2 aromatic carbocycles. The zero-order valence-electron chi connectivity index (χ0n) is 19.6. The van der Waals surface area contributed by atoms with Crippen molar-refractivity contribution in [3.63, 3.8) is 0 Å². The van der Waals surface area contributed by atoms with Gasteiger partial charge in [0.25, 0.3) is 11.5 Å². The first-order valence-corrected chi connectivity index (χ1v) is 11.9. The van der Waals surface area contributed by atoms with Gasteiger partial charge in [-0.2, -0.15) is 5.11 Å². The second-order valence-electron chi connectivity index (χ2n) is 9.36. The van der Waals surface area contributed by atoms with Crippen LogP contribution < -0.4 is 5.56 Å². The quantitative estimate of drug-likeness (QED) is 0.547. The number of nitrogens with one attached hydrogen (secondary N) is 1. The summed E-state index contributed by atoms with van der Waals surface area (Å²) in [5.74, 6) is 0.350. The third-order valence-corrected chi connectivity index (χ3v) is 6.75. The number of carbonyl (C=O) groups excluding carboxylic acids is 1. The Labute approximate surface area is 198 Å². The van der Waals surface area contributed by atoms with Gasteiger partial charge in [-0.1, -0.05) is 18.2 Å². The normalized spacial score (nSPS) is 17.1. The van der Waals surface area contributed by atoms with E-state index < -0.39 is 0 Å². The van der Waals surface area contributed by atoms with Gasteiger partial charge in [-0.05, 0) is 76.2 Å². The van der Waals surface area contributed by atoms with Gasteiger partial charge < -0.3 is 9.80 Å². The van der Waals surface area contributed by atoms with Crippen LogP contribution >= 0.6 is 0 Å². The van der Waals surface area contributed by atoms with Crippen molar-refractivity contribution in [1.82, 2.24) is 19.6 Å². The van der Waals surface area contributed by atoms with Crippen LogP contribution in [0.2, 0.25) is 0 Å². The molecule has 3 aromatic rings. The Balaban J connectivity index is 1.36. The van der Waals surface area contributed by atoms with Crippen molar-refractivity contribution in [2.24, 2.45) is 10.2 Å². The van der Waals surface area contributed by atoms with Crippen molar-refractivity contribution in [2.75, 3.05) is 27.2 Å². The van der Waals surface area contributed by atoms with E-state index >= 15 is 0 Å². The molecular formula is C26H30N6O2. The van der Waals surface area contributed by atoms with Crippen molar-refractivity contribution in [3.8, 4) is 5.69 Å². The van der Waals surface area contributed by atoms with Crippen LogP contribution in [0.15, 0.2) is 69.6 Å². The predicted molar refractivity (Wildman–Crippen MR) is 132 cm³/mol. The molecule has 0 bridgehead atoms. The fourth-order valence-electron chi connectivity index (χ4n) is 4.50. The smallest absolute Gasteiger partial charge is 0.299 e. The average Bonchev–Trinajstić information content (AvgIpc) is 3.66. The van der Waals surface area contributed by atoms with E-state index in [-0.39, 0.29) is 11.5 Å². The number of likely N-dealkylation sites (tertiary alicyclic amines) is 1. The zero-order chi connectivity index (χ0) is 23.7. The lowest BCUT2D eigenvalue weighted by Crippen LogP contribution is -2.44. The van der Waals surface area contributed by atoms with E-state index in [9.17, 15) is 9.59 Å². The SMILES string of the molecule is CN(C)C1CCN(C(=O)c2ccc(-n3[nH]c(C4CC4)c(N=Nc4ccccc4)c3=O)cc2)CC1. The van der Waals surface area contributed by atoms with Crippen molar-refractivity contribution < 1.29 is 4.79 Å². The molecule has 1 saturated heterocycles. The van der Waals surface area contributed by atoms with Crippen molar-refractivity contribution >= 4 is 17.3 Å². The number of rotatable bonds is 6. The standard InChI is InChI=1S/C26H30N6O2/c1-30(2)21-14-16-31(17-15-21)25(33)19-10-12-22(13-11-19)32-26(34)24(23(29-32)18-8-9-18)28-27-20-6-4-3-5-7-20/h3-7,10-13,18,21,29H,8-9,14-17H2,1-2H3. The monoisotopic (exact) mass is 458 g/mol. The fourth-order valence-corrected chi connectivity index (χ4v) is 4.50. The molecule has 0 atom stereocenters. The number of nitrogens with zero attached hydrogens (tertiary/aromatic N) is 5. The second kappa shape index (κ2) is 9.38. The number of carbonyl (C=O) groups is 1. The third kappa shape index (κ3) is 4.59. The topological polar surface area (TPSA) is 86.1 Å². The van der Waals surface area contributed by atoms with Gasteiger partial charge in [-0.3, -0.25) is 14.7 Å². The van der Waals surface area contributed by atoms with E-state index in [0.29, 0.717) is 34.6 Å². The Morgan fingerprint density at radius 3 is 2.24 bits per heavy atom. The Kier molecular flexibility index (Phi) is 6.15. The molecule has 34 heavy (non-hydrogen) atoms. The molecule has 2 heterocycles. The number of hydrogen-bond donors (Lipinski definition) is 1. The van der Waals surface area contributed by atoms with Gasteiger partial charge in [0.1, 0.15) is 0 Å². The summed E-state index contributed by atoms with van der Waals surface area (Å²) >= 11 is 0. The van der Waals surface area contributed by atoms with Crippen LogP contribution in [0, 0.1) is 0 Å². The van der Waals surface area contributed by atoms with Crippen LogP contribution in [-0.2, 0) is 0 Å². The highest BCUT2D eigenvalue weighted by Crippen LogP contribution is 2.42. The van der Waals surface area contributed by atoms with Gasteiger partial charge in [-0.15, -0.1) is 5.11 Å². The predicted octanol–water partition coefficient (Wildman–Crippen LogP) is 4.62. The van der Waals surface area contributed by atoms with E-state index in [4.69, 9.17) is 0 Å². The minimum absolute atomic E-state index is 0.0404. The van der Waals surface area contributed by atoms with E-state index in [1.165, 1.54) is 4.68 Å². The van der Waals surface area contributed by atoms with Crippen LogP contribution in [0.3, 0.4) is 0 Å². The Morgan fingerprint density at radius 1 is 0.941 bits per heavy atom. The van der Waals surface area contributed by atoms with Gasteiger partial charge in [0.15, 0.2) is 5.69 Å². The van der Waals surface area contributed by atoms with Crippen molar-refractivity contribution in [2.45, 2.75) is 37.6 Å². The Hall–Kier alpha value is -3.52. The number of H-pyrrole nitrogens is 1. The van der Waals surface area contributed by atoms with Gasteiger partial charge in [0, 0.05) is 30.6 Å². The molecule has 1 N–H and O–H groups in total. The molecule has 1 aliphatic heterocycles. The minimum atomic E-state index is -0.230. The summed E-state index contributed by atoms with van der Waals surface area (Å²) in [5, 5.41) is 11.8. The highest BCUT2D eigenvalue weighted by atomic mass is 16.2. The summed E-state index contributed by atoms with van der Waals surface area (Å²) in [6.45, 7) is 1.53. The highest BCUT2D eigenvalue weighted by Gasteiger charge is 2.31. The summed E-state index contributed by atoms with van der Waals surface area (Å²) in [7, 11) is 4.18. The van der Waals surface area contributed by atoms with Gasteiger partial charge in [0.05, 0.1) is 17.1 Å². The molecule has 8 nitrogen and oxygen atoms in total. The maximum absolute atomic E-state index is 13.2. The lowest BCUT2D eigenvalue weighted by Gasteiger charge is -2.35. The fraction of sp³-hybridized carbons (Fsp3) is 0.385. The number of benzene rings is 2. The van der Waals surface area contributed by atoms with E-state index in [1.54, 1.807) is 12.1 Å². The maximum Gasteiger partial charge on any atom is 0.299 e. The number of aromatic nitrogens is 2. The van der Waals surface area contributed by atoms with Gasteiger partial charge >= 0.3 is 0 Å². The number of piperidine rings is 1. The van der Waals surface area contributed by atoms with Crippen LogP contribution in [-0.4, -0.2) is 58.7 Å². The molecule has 0 spiro atoms. The Bertz CT molecular complexity index is 1230. The lowest BCUT2D eigenvalue weighted by atomic mass is 10.0.